The topological polar surface area (TPSA) is 86.8 Å². The lowest BCUT2D eigenvalue weighted by atomic mass is 10.1. The minimum atomic E-state index is -4.63. The van der Waals surface area contributed by atoms with Crippen LogP contribution in [0.15, 0.2) is 16.7 Å². The molecule has 0 saturated carbocycles. The van der Waals surface area contributed by atoms with Gasteiger partial charge in [-0.05, 0) is 25.5 Å². The molecule has 0 spiro atoms. The highest BCUT2D eigenvalue weighted by atomic mass is 32.1. The number of amides is 1. The van der Waals surface area contributed by atoms with Crippen molar-refractivity contribution < 1.29 is 32.7 Å². The zero-order chi connectivity index (χ0) is 18.4. The lowest BCUT2D eigenvalue weighted by Crippen LogP contribution is -2.48. The summed E-state index contributed by atoms with van der Waals surface area (Å²) < 4.78 is 42.8. The van der Waals surface area contributed by atoms with E-state index in [1.807, 2.05) is 0 Å². The first-order chi connectivity index (χ1) is 11.7. The number of carbonyl (C=O) groups is 1. The van der Waals surface area contributed by atoms with E-state index in [2.05, 4.69) is 9.68 Å². The first-order valence-electron chi connectivity index (χ1n) is 7.47. The molecule has 10 heteroatoms. The summed E-state index contributed by atoms with van der Waals surface area (Å²) in [5.41, 5.74) is -0.0876. The number of piperidine rings is 1. The fourth-order valence-electron chi connectivity index (χ4n) is 2.67. The van der Waals surface area contributed by atoms with Crippen LogP contribution < -0.4 is 0 Å². The van der Waals surface area contributed by atoms with Crippen LogP contribution >= 0.6 is 11.3 Å². The molecule has 0 aliphatic carbocycles. The van der Waals surface area contributed by atoms with E-state index in [0.717, 1.165) is 11.3 Å². The summed E-state index contributed by atoms with van der Waals surface area (Å²) in [6, 6.07) is 3.01. The largest absolute Gasteiger partial charge is 0.452 e. The Morgan fingerprint density at radius 2 is 2.08 bits per heavy atom. The first kappa shape index (κ1) is 17.9. The highest BCUT2D eigenvalue weighted by molar-refractivity contribution is 7.17. The second-order valence-electron chi connectivity index (χ2n) is 5.82. The summed E-state index contributed by atoms with van der Waals surface area (Å²) in [7, 11) is 0. The van der Waals surface area contributed by atoms with Crippen LogP contribution in [-0.4, -0.2) is 51.5 Å². The third-order valence-electron chi connectivity index (χ3n) is 4.07. The molecule has 3 rings (SSSR count). The van der Waals surface area contributed by atoms with E-state index in [1.54, 1.807) is 0 Å². The van der Waals surface area contributed by atoms with E-state index in [9.17, 15) is 28.2 Å². The van der Waals surface area contributed by atoms with Gasteiger partial charge >= 0.3 is 6.18 Å². The zero-order valence-electron chi connectivity index (χ0n) is 13.1. The molecule has 1 saturated heterocycles. The molecule has 1 fully saturated rings. The van der Waals surface area contributed by atoms with Gasteiger partial charge in [-0.15, -0.1) is 11.3 Å². The summed E-state index contributed by atoms with van der Waals surface area (Å²) in [6.07, 6.45) is -6.23. The minimum Gasteiger partial charge on any atom is -0.390 e. The normalized spacial score (nSPS) is 21.6. The van der Waals surface area contributed by atoms with E-state index in [-0.39, 0.29) is 30.1 Å². The van der Waals surface area contributed by atoms with Crippen molar-refractivity contribution in [3.05, 3.63) is 28.3 Å². The summed E-state index contributed by atoms with van der Waals surface area (Å²) >= 11 is 1.00. The minimum absolute atomic E-state index is 0.00838. The average Bonchev–Trinajstić information content (AvgIpc) is 3.15. The fourth-order valence-corrected chi connectivity index (χ4v) is 3.68. The van der Waals surface area contributed by atoms with E-state index in [4.69, 9.17) is 0 Å². The Morgan fingerprint density at radius 1 is 1.36 bits per heavy atom. The number of aromatic nitrogens is 1. The van der Waals surface area contributed by atoms with Crippen LogP contribution in [0.2, 0.25) is 0 Å². The number of carbonyl (C=O) groups excluding carboxylic acids is 1. The van der Waals surface area contributed by atoms with Crippen LogP contribution in [0.25, 0.3) is 10.6 Å². The van der Waals surface area contributed by atoms with Gasteiger partial charge in [0, 0.05) is 18.7 Å². The molecule has 0 unspecified atom stereocenters. The van der Waals surface area contributed by atoms with Gasteiger partial charge in [0.15, 0.2) is 0 Å². The van der Waals surface area contributed by atoms with Gasteiger partial charge < -0.3 is 19.6 Å². The van der Waals surface area contributed by atoms with E-state index in [0.29, 0.717) is 16.3 Å². The molecule has 0 bridgehead atoms. The lowest BCUT2D eigenvalue weighted by molar-refractivity contribution is -0.156. The van der Waals surface area contributed by atoms with Crippen LogP contribution in [0.5, 0.6) is 0 Å². The van der Waals surface area contributed by atoms with Crippen molar-refractivity contribution in [1.82, 2.24) is 10.1 Å². The van der Waals surface area contributed by atoms with Gasteiger partial charge in [0.25, 0.3) is 5.91 Å². The summed E-state index contributed by atoms with van der Waals surface area (Å²) in [4.78, 5) is 14.6. The number of likely N-dealkylation sites (tertiary alicyclic amines) is 1. The molecule has 1 amide bonds. The van der Waals surface area contributed by atoms with E-state index >= 15 is 0 Å². The molecule has 2 N–H and O–H groups in total. The SMILES string of the molecule is Cc1c(-c2ccc(C(=O)N3CC[C@@H](O)[C@H](O)C3)s2)noc1C(F)(F)F. The highest BCUT2D eigenvalue weighted by Crippen LogP contribution is 2.38. The van der Waals surface area contributed by atoms with E-state index < -0.39 is 24.1 Å². The third-order valence-corrected chi connectivity index (χ3v) is 5.15. The van der Waals surface area contributed by atoms with Crippen molar-refractivity contribution in [1.29, 1.82) is 0 Å². The van der Waals surface area contributed by atoms with Gasteiger partial charge in [-0.3, -0.25) is 4.79 Å². The number of hydrogen-bond donors (Lipinski definition) is 2. The Hall–Kier alpha value is -1.91. The predicted octanol–water partition coefficient (Wildman–Crippen LogP) is 2.30. The Balaban J connectivity index is 1.81. The maximum atomic E-state index is 12.8. The standard InChI is InChI=1S/C15H15F3N2O4S/c1-7-12(19-24-13(7)15(16,17)18)10-2-3-11(25-10)14(23)20-5-4-8(21)9(22)6-20/h2-3,8-9,21-22H,4-6H2,1H3/t8-,9-/m1/s1. The molecule has 2 aromatic heterocycles. The summed E-state index contributed by atoms with van der Waals surface area (Å²) in [5, 5.41) is 22.7. The zero-order valence-corrected chi connectivity index (χ0v) is 13.9. The van der Waals surface area contributed by atoms with Gasteiger partial charge in [-0.1, -0.05) is 5.16 Å². The van der Waals surface area contributed by atoms with Crippen molar-refractivity contribution in [3.8, 4) is 10.6 Å². The smallest absolute Gasteiger partial charge is 0.390 e. The summed E-state index contributed by atoms with van der Waals surface area (Å²) in [5.74, 6) is -1.50. The number of β-amino-alcohol motifs (C(OH)–C–C–N with tert-alkyl or cyclic N) is 1. The van der Waals surface area contributed by atoms with Crippen LogP contribution in [-0.2, 0) is 6.18 Å². The third kappa shape index (κ3) is 3.42. The molecule has 2 atom stereocenters. The van der Waals surface area contributed by atoms with Crippen LogP contribution in [0, 0.1) is 6.92 Å². The first-order valence-corrected chi connectivity index (χ1v) is 8.29. The number of halogens is 3. The van der Waals surface area contributed by atoms with E-state index in [1.165, 1.54) is 24.0 Å². The lowest BCUT2D eigenvalue weighted by Gasteiger charge is -2.33. The number of alkyl halides is 3. The molecule has 136 valence electrons. The van der Waals surface area contributed by atoms with Crippen LogP contribution in [0.1, 0.15) is 27.4 Å². The molecule has 0 aromatic carbocycles. The average molecular weight is 376 g/mol. The number of rotatable bonds is 2. The monoisotopic (exact) mass is 376 g/mol. The van der Waals surface area contributed by atoms with Gasteiger partial charge in [-0.25, -0.2) is 0 Å². The predicted molar refractivity (Wildman–Crippen MR) is 82.1 cm³/mol. The van der Waals surface area contributed by atoms with Crippen molar-refractivity contribution in [2.75, 3.05) is 13.1 Å². The molecule has 2 aromatic rings. The molecule has 3 heterocycles. The van der Waals surface area contributed by atoms with Crippen molar-refractivity contribution in [2.45, 2.75) is 31.7 Å². The number of nitrogens with zero attached hydrogens (tertiary/aromatic N) is 2. The van der Waals surface area contributed by atoms with Crippen molar-refractivity contribution in [3.63, 3.8) is 0 Å². The van der Waals surface area contributed by atoms with Crippen molar-refractivity contribution >= 4 is 17.2 Å². The Bertz CT molecular complexity index is 786. The molecule has 1 aliphatic rings. The van der Waals surface area contributed by atoms with Gasteiger partial charge in [0.05, 0.1) is 22.0 Å². The molecule has 6 nitrogen and oxygen atoms in total. The van der Waals surface area contributed by atoms with Crippen LogP contribution in [0.4, 0.5) is 13.2 Å². The second-order valence-corrected chi connectivity index (χ2v) is 6.91. The molecular weight excluding hydrogens is 361 g/mol. The number of aliphatic hydroxyl groups excluding tert-OH is 2. The molecule has 0 radical (unpaired) electrons. The maximum absolute atomic E-state index is 12.8. The maximum Gasteiger partial charge on any atom is 0.452 e. The molecular formula is C15H15F3N2O4S. The number of aliphatic hydroxyl groups is 2. The fraction of sp³-hybridized carbons (Fsp3) is 0.467. The molecule has 25 heavy (non-hydrogen) atoms. The summed E-state index contributed by atoms with van der Waals surface area (Å²) in [6.45, 7) is 1.57. The van der Waals surface area contributed by atoms with Gasteiger partial charge in [0.2, 0.25) is 5.76 Å². The van der Waals surface area contributed by atoms with Crippen molar-refractivity contribution in [2.24, 2.45) is 0 Å². The number of hydrogen-bond acceptors (Lipinski definition) is 6. The van der Waals surface area contributed by atoms with Gasteiger partial charge in [0.1, 0.15) is 5.69 Å². The number of thiophene rings is 1. The van der Waals surface area contributed by atoms with Crippen LogP contribution in [0.3, 0.4) is 0 Å². The highest BCUT2D eigenvalue weighted by Gasteiger charge is 2.39. The van der Waals surface area contributed by atoms with Gasteiger partial charge in [-0.2, -0.15) is 13.2 Å². The quantitative estimate of drug-likeness (QED) is 0.840. The Labute approximate surface area is 144 Å². The Morgan fingerprint density at radius 3 is 2.68 bits per heavy atom. The second kappa shape index (κ2) is 6.43. The molecule has 1 aliphatic heterocycles. The Kier molecular flexibility index (Phi) is 4.60.